The van der Waals surface area contributed by atoms with Crippen LogP contribution in [0.4, 0.5) is 0 Å². The molecule has 5 heteroatoms. The van der Waals surface area contributed by atoms with Crippen LogP contribution in [0.5, 0.6) is 11.5 Å². The van der Waals surface area contributed by atoms with E-state index >= 15 is 0 Å². The lowest BCUT2D eigenvalue weighted by molar-refractivity contribution is 0.171. The highest BCUT2D eigenvalue weighted by Gasteiger charge is 2.11. The van der Waals surface area contributed by atoms with Gasteiger partial charge in [0.15, 0.2) is 11.5 Å². The summed E-state index contributed by atoms with van der Waals surface area (Å²) in [4.78, 5) is 0. The van der Waals surface area contributed by atoms with Crippen molar-refractivity contribution in [1.29, 1.82) is 0 Å². The van der Waals surface area contributed by atoms with Gasteiger partial charge in [0.1, 0.15) is 13.2 Å². The van der Waals surface area contributed by atoms with Crippen molar-refractivity contribution in [2.24, 2.45) is 0 Å². The van der Waals surface area contributed by atoms with Gasteiger partial charge in [0.05, 0.1) is 10.0 Å². The molecule has 1 heterocycles. The minimum absolute atomic E-state index is 0.576. The van der Waals surface area contributed by atoms with Crippen molar-refractivity contribution in [2.75, 3.05) is 13.2 Å². The highest BCUT2D eigenvalue weighted by Crippen LogP contribution is 2.30. The molecule has 0 spiro atoms. The molecule has 110 valence electrons. The zero-order chi connectivity index (χ0) is 14.7. The Kier molecular flexibility index (Phi) is 4.54. The number of ether oxygens (including phenoxy) is 2. The van der Waals surface area contributed by atoms with Crippen molar-refractivity contribution in [3.8, 4) is 11.5 Å². The summed E-state index contributed by atoms with van der Waals surface area (Å²) in [6, 6.07) is 11.6. The van der Waals surface area contributed by atoms with Crippen LogP contribution >= 0.6 is 23.2 Å². The minimum Gasteiger partial charge on any atom is -0.486 e. The predicted octanol–water partition coefficient (Wildman–Crippen LogP) is 4.05. The third-order valence-electron chi connectivity index (χ3n) is 3.25. The van der Waals surface area contributed by atoms with Crippen LogP contribution < -0.4 is 14.8 Å². The zero-order valence-electron chi connectivity index (χ0n) is 11.4. The van der Waals surface area contributed by atoms with Crippen LogP contribution in [0.1, 0.15) is 11.1 Å². The van der Waals surface area contributed by atoms with Crippen molar-refractivity contribution in [2.45, 2.75) is 13.1 Å². The van der Waals surface area contributed by atoms with Crippen molar-refractivity contribution in [3.63, 3.8) is 0 Å². The average molecular weight is 324 g/mol. The van der Waals surface area contributed by atoms with Crippen LogP contribution in [0.25, 0.3) is 0 Å². The van der Waals surface area contributed by atoms with Gasteiger partial charge in [0, 0.05) is 13.1 Å². The number of benzene rings is 2. The summed E-state index contributed by atoms with van der Waals surface area (Å²) in [5.41, 5.74) is 2.25. The first-order valence-corrected chi connectivity index (χ1v) is 7.51. The van der Waals surface area contributed by atoms with E-state index < -0.39 is 0 Å². The van der Waals surface area contributed by atoms with E-state index in [1.807, 2.05) is 36.4 Å². The lowest BCUT2D eigenvalue weighted by atomic mass is 10.1. The molecule has 1 aliphatic heterocycles. The Hall–Kier alpha value is -1.42. The Morgan fingerprint density at radius 3 is 2.24 bits per heavy atom. The van der Waals surface area contributed by atoms with E-state index in [9.17, 15) is 0 Å². The van der Waals surface area contributed by atoms with Gasteiger partial charge in [-0.15, -0.1) is 0 Å². The first-order valence-electron chi connectivity index (χ1n) is 6.75. The van der Waals surface area contributed by atoms with E-state index in [2.05, 4.69) is 5.32 Å². The topological polar surface area (TPSA) is 30.5 Å². The molecule has 0 saturated heterocycles. The van der Waals surface area contributed by atoms with E-state index in [4.69, 9.17) is 32.7 Å². The molecule has 1 aliphatic rings. The summed E-state index contributed by atoms with van der Waals surface area (Å²) >= 11 is 11.9. The molecule has 0 aromatic heterocycles. The van der Waals surface area contributed by atoms with Crippen molar-refractivity contribution in [3.05, 3.63) is 57.6 Å². The summed E-state index contributed by atoms with van der Waals surface area (Å²) < 4.78 is 11.1. The second-order valence-corrected chi connectivity index (χ2v) is 5.64. The molecule has 21 heavy (non-hydrogen) atoms. The Bertz CT molecular complexity index is 646. The van der Waals surface area contributed by atoms with Crippen molar-refractivity contribution >= 4 is 23.2 Å². The smallest absolute Gasteiger partial charge is 0.161 e. The number of fused-ring (bicyclic) bond motifs is 1. The minimum atomic E-state index is 0.576. The summed E-state index contributed by atoms with van der Waals surface area (Å²) in [6.45, 7) is 2.69. The number of hydrogen-bond acceptors (Lipinski definition) is 3. The Morgan fingerprint density at radius 1 is 0.810 bits per heavy atom. The second-order valence-electron chi connectivity index (χ2n) is 4.83. The molecule has 0 fully saturated rings. The molecule has 0 amide bonds. The third kappa shape index (κ3) is 3.62. The van der Waals surface area contributed by atoms with E-state index in [1.165, 1.54) is 0 Å². The zero-order valence-corrected chi connectivity index (χ0v) is 12.9. The third-order valence-corrected chi connectivity index (χ3v) is 3.99. The van der Waals surface area contributed by atoms with Crippen LogP contribution in [-0.2, 0) is 13.1 Å². The summed E-state index contributed by atoms with van der Waals surface area (Å²) in [6.07, 6.45) is 0. The van der Waals surface area contributed by atoms with Crippen molar-refractivity contribution in [1.82, 2.24) is 5.32 Å². The Labute approximate surface area is 133 Å². The normalized spacial score (nSPS) is 13.2. The van der Waals surface area contributed by atoms with Gasteiger partial charge in [0.2, 0.25) is 0 Å². The molecule has 0 radical (unpaired) electrons. The molecule has 0 bridgehead atoms. The standard InChI is InChI=1S/C16H15Cl2NO2/c17-13-3-1-11(7-14(13)18)9-19-10-12-2-4-15-16(8-12)21-6-5-20-15/h1-4,7-8,19H,5-6,9-10H2. The molecule has 2 aromatic carbocycles. The number of halogens is 2. The number of hydrogen-bond donors (Lipinski definition) is 1. The summed E-state index contributed by atoms with van der Waals surface area (Å²) in [7, 11) is 0. The average Bonchev–Trinajstić information content (AvgIpc) is 2.51. The Balaban J connectivity index is 1.58. The quantitative estimate of drug-likeness (QED) is 0.920. The molecule has 0 aliphatic carbocycles. The molecular formula is C16H15Cl2NO2. The lowest BCUT2D eigenvalue weighted by Crippen LogP contribution is -2.16. The van der Waals surface area contributed by atoms with Gasteiger partial charge in [-0.1, -0.05) is 35.3 Å². The highest BCUT2D eigenvalue weighted by molar-refractivity contribution is 6.42. The molecule has 0 atom stereocenters. The summed E-state index contributed by atoms with van der Waals surface area (Å²) in [5, 5.41) is 4.53. The van der Waals surface area contributed by atoms with E-state index in [0.717, 1.165) is 35.7 Å². The Morgan fingerprint density at radius 2 is 1.48 bits per heavy atom. The largest absolute Gasteiger partial charge is 0.486 e. The van der Waals surface area contributed by atoms with Crippen LogP contribution in [0, 0.1) is 0 Å². The monoisotopic (exact) mass is 323 g/mol. The fourth-order valence-electron chi connectivity index (χ4n) is 2.20. The molecule has 3 nitrogen and oxygen atoms in total. The van der Waals surface area contributed by atoms with Crippen LogP contribution in [-0.4, -0.2) is 13.2 Å². The molecule has 2 aromatic rings. The fraction of sp³-hybridized carbons (Fsp3) is 0.250. The predicted molar refractivity (Wildman–Crippen MR) is 84.4 cm³/mol. The first kappa shape index (κ1) is 14.5. The van der Waals surface area contributed by atoms with Crippen LogP contribution in [0.15, 0.2) is 36.4 Å². The number of rotatable bonds is 4. The van der Waals surface area contributed by atoms with Gasteiger partial charge in [-0.2, -0.15) is 0 Å². The van der Waals surface area contributed by atoms with Gasteiger partial charge >= 0.3 is 0 Å². The molecule has 0 saturated carbocycles. The molecule has 1 N–H and O–H groups in total. The maximum absolute atomic E-state index is 6.00. The first-order chi connectivity index (χ1) is 10.2. The highest BCUT2D eigenvalue weighted by atomic mass is 35.5. The van der Waals surface area contributed by atoms with Gasteiger partial charge in [0.25, 0.3) is 0 Å². The summed E-state index contributed by atoms with van der Waals surface area (Å²) in [5.74, 6) is 1.63. The maximum atomic E-state index is 6.00. The van der Waals surface area contributed by atoms with Gasteiger partial charge in [-0.05, 0) is 35.4 Å². The van der Waals surface area contributed by atoms with Crippen molar-refractivity contribution < 1.29 is 9.47 Å². The van der Waals surface area contributed by atoms with Gasteiger partial charge < -0.3 is 14.8 Å². The molecule has 3 rings (SSSR count). The lowest BCUT2D eigenvalue weighted by Gasteiger charge is -2.19. The molecular weight excluding hydrogens is 309 g/mol. The number of nitrogens with one attached hydrogen (secondary N) is 1. The SMILES string of the molecule is Clc1ccc(CNCc2ccc3c(c2)OCCO3)cc1Cl. The van der Waals surface area contributed by atoms with E-state index in [-0.39, 0.29) is 0 Å². The fourth-order valence-corrected chi connectivity index (χ4v) is 2.52. The van der Waals surface area contributed by atoms with Crippen LogP contribution in [0.3, 0.4) is 0 Å². The maximum Gasteiger partial charge on any atom is 0.161 e. The van der Waals surface area contributed by atoms with Crippen LogP contribution in [0.2, 0.25) is 10.0 Å². The van der Waals surface area contributed by atoms with Gasteiger partial charge in [-0.25, -0.2) is 0 Å². The second kappa shape index (κ2) is 6.56. The molecule has 0 unspecified atom stereocenters. The van der Waals surface area contributed by atoms with E-state index in [1.54, 1.807) is 0 Å². The van der Waals surface area contributed by atoms with Gasteiger partial charge in [-0.3, -0.25) is 0 Å². The van der Waals surface area contributed by atoms with E-state index in [0.29, 0.717) is 23.3 Å².